The van der Waals surface area contributed by atoms with Gasteiger partial charge in [-0.15, -0.1) is 0 Å². The topological polar surface area (TPSA) is 234 Å². The Labute approximate surface area is 196 Å². The van der Waals surface area contributed by atoms with Crippen molar-refractivity contribution in [2.45, 2.75) is 62.7 Å². The van der Waals surface area contributed by atoms with E-state index in [0.717, 1.165) is 0 Å². The van der Waals surface area contributed by atoms with Crippen LogP contribution in [0, 0.1) is 0 Å². The van der Waals surface area contributed by atoms with Crippen LogP contribution in [0.1, 0.15) is 38.5 Å². The lowest BCUT2D eigenvalue weighted by Gasteiger charge is -2.25. The van der Waals surface area contributed by atoms with E-state index in [1.807, 2.05) is 0 Å². The molecule has 0 aliphatic rings. The molecule has 4 unspecified atom stereocenters. The number of thioether (sulfide) groups is 1. The Morgan fingerprint density at radius 3 is 1.88 bits per heavy atom. The molecule has 0 radical (unpaired) electrons. The first-order chi connectivity index (χ1) is 15.6. The van der Waals surface area contributed by atoms with E-state index >= 15 is 0 Å². The molecule has 0 aromatic carbocycles. The number of hydrogen-bond donors (Lipinski definition) is 8. The number of hydrogen-bond acceptors (Lipinski definition) is 9. The third-order valence-corrected chi connectivity index (χ3v) is 5.26. The minimum atomic E-state index is -1.32. The monoisotopic (exact) mass is 493 g/mol. The molecule has 190 valence electrons. The fraction of sp³-hybridized carbons (Fsp3) is 0.737. The highest BCUT2D eigenvalue weighted by Crippen LogP contribution is 2.07. The Balaban J connectivity index is 5.40. The summed E-state index contributed by atoms with van der Waals surface area (Å²) in [7, 11) is 0. The zero-order chi connectivity index (χ0) is 25.4. The third-order valence-electron chi connectivity index (χ3n) is 4.62. The van der Waals surface area contributed by atoms with Gasteiger partial charge < -0.3 is 42.7 Å². The van der Waals surface area contributed by atoms with Crippen LogP contribution in [0.15, 0.2) is 0 Å². The number of carbonyl (C=O) groups excluding carboxylic acids is 3. The highest BCUT2D eigenvalue weighted by molar-refractivity contribution is 7.98. The number of carboxylic acid groups (broad SMARTS) is 2. The summed E-state index contributed by atoms with van der Waals surface area (Å²) in [6.07, 6.45) is 2.48. The first-order valence-corrected chi connectivity index (χ1v) is 11.9. The number of aliphatic hydroxyl groups excluding tert-OH is 1. The molecule has 0 aliphatic carbocycles. The van der Waals surface area contributed by atoms with Crippen LogP contribution in [0.4, 0.5) is 0 Å². The SMILES string of the molecule is CSCCC(NC(=O)C(CCC(=O)O)NC(=O)C(N)CO)C(=O)NC(CCCCN)C(=O)O. The van der Waals surface area contributed by atoms with E-state index in [-0.39, 0.29) is 19.3 Å². The minimum absolute atomic E-state index is 0.164. The zero-order valence-corrected chi connectivity index (χ0v) is 19.4. The van der Waals surface area contributed by atoms with E-state index < -0.39 is 66.9 Å². The van der Waals surface area contributed by atoms with Gasteiger partial charge in [0.15, 0.2) is 0 Å². The number of aliphatic carboxylic acids is 2. The van der Waals surface area contributed by atoms with Crippen molar-refractivity contribution in [1.29, 1.82) is 0 Å². The molecule has 3 amide bonds. The van der Waals surface area contributed by atoms with Crippen LogP contribution in [0.5, 0.6) is 0 Å². The first-order valence-electron chi connectivity index (χ1n) is 10.5. The fourth-order valence-electron chi connectivity index (χ4n) is 2.70. The number of nitrogens with two attached hydrogens (primary N) is 2. The molecule has 0 spiro atoms. The van der Waals surface area contributed by atoms with E-state index in [1.54, 1.807) is 6.26 Å². The van der Waals surface area contributed by atoms with E-state index in [0.29, 0.717) is 25.1 Å². The number of aliphatic hydroxyl groups is 1. The standard InChI is InChI=1S/C19H35N5O8S/c1-33-9-7-13(18(30)24-14(19(31)32)4-2-3-8-20)23-17(29)12(5-6-15(26)27)22-16(28)11(21)10-25/h11-14,25H,2-10,20-21H2,1H3,(H,22,28)(H,23,29)(H,24,30)(H,26,27)(H,31,32). The summed E-state index contributed by atoms with van der Waals surface area (Å²) < 4.78 is 0. The molecule has 33 heavy (non-hydrogen) atoms. The van der Waals surface area contributed by atoms with Crippen LogP contribution >= 0.6 is 11.8 Å². The second-order valence-corrected chi connectivity index (χ2v) is 8.29. The van der Waals surface area contributed by atoms with E-state index in [4.69, 9.17) is 21.7 Å². The van der Waals surface area contributed by atoms with Gasteiger partial charge >= 0.3 is 11.9 Å². The molecule has 4 atom stereocenters. The molecule has 0 heterocycles. The van der Waals surface area contributed by atoms with Gasteiger partial charge in [-0.2, -0.15) is 11.8 Å². The number of unbranched alkanes of at least 4 members (excludes halogenated alkanes) is 1. The van der Waals surface area contributed by atoms with Gasteiger partial charge in [-0.1, -0.05) is 0 Å². The van der Waals surface area contributed by atoms with Crippen molar-refractivity contribution in [3.63, 3.8) is 0 Å². The maximum atomic E-state index is 12.8. The van der Waals surface area contributed by atoms with Crippen LogP contribution in [-0.4, -0.2) is 94.3 Å². The van der Waals surface area contributed by atoms with Gasteiger partial charge in [0, 0.05) is 6.42 Å². The minimum Gasteiger partial charge on any atom is -0.481 e. The average molecular weight is 494 g/mol. The van der Waals surface area contributed by atoms with Crippen molar-refractivity contribution < 1.29 is 39.3 Å². The smallest absolute Gasteiger partial charge is 0.326 e. The molecule has 14 heteroatoms. The maximum absolute atomic E-state index is 12.8. The van der Waals surface area contributed by atoms with Crippen LogP contribution in [-0.2, 0) is 24.0 Å². The van der Waals surface area contributed by atoms with E-state index in [9.17, 15) is 29.1 Å². The molecule has 0 bridgehead atoms. The Bertz CT molecular complexity index is 666. The number of carbonyl (C=O) groups is 5. The molecule has 0 saturated carbocycles. The van der Waals surface area contributed by atoms with Crippen molar-refractivity contribution in [3.8, 4) is 0 Å². The lowest BCUT2D eigenvalue weighted by atomic mass is 10.1. The molecule has 13 nitrogen and oxygen atoms in total. The van der Waals surface area contributed by atoms with Crippen LogP contribution in [0.25, 0.3) is 0 Å². The molecule has 0 aromatic rings. The third kappa shape index (κ3) is 13.0. The summed E-state index contributed by atoms with van der Waals surface area (Å²) in [6, 6.07) is -4.92. The van der Waals surface area contributed by atoms with Crippen LogP contribution < -0.4 is 27.4 Å². The van der Waals surface area contributed by atoms with Gasteiger partial charge in [-0.3, -0.25) is 19.2 Å². The predicted octanol–water partition coefficient (Wildman–Crippen LogP) is -2.41. The van der Waals surface area contributed by atoms with Crippen molar-refractivity contribution in [2.24, 2.45) is 11.5 Å². The normalized spacial score (nSPS) is 14.4. The van der Waals surface area contributed by atoms with Crippen molar-refractivity contribution >= 4 is 41.4 Å². The van der Waals surface area contributed by atoms with Crippen molar-refractivity contribution in [2.75, 3.05) is 25.2 Å². The Hall–Kier alpha value is -2.42. The molecule has 10 N–H and O–H groups in total. The molecule has 0 fully saturated rings. The number of nitrogens with one attached hydrogen (secondary N) is 3. The molecule has 0 aliphatic heterocycles. The molecular formula is C19H35N5O8S. The second-order valence-electron chi connectivity index (χ2n) is 7.31. The Morgan fingerprint density at radius 2 is 1.39 bits per heavy atom. The highest BCUT2D eigenvalue weighted by atomic mass is 32.2. The first kappa shape index (κ1) is 30.6. The summed E-state index contributed by atoms with van der Waals surface area (Å²) in [4.78, 5) is 59.9. The van der Waals surface area contributed by atoms with Crippen molar-refractivity contribution in [3.05, 3.63) is 0 Å². The largest absolute Gasteiger partial charge is 0.481 e. The summed E-state index contributed by atoms with van der Waals surface area (Å²) >= 11 is 1.40. The van der Waals surface area contributed by atoms with Gasteiger partial charge in [0.25, 0.3) is 0 Å². The molecular weight excluding hydrogens is 458 g/mol. The summed E-state index contributed by atoms with van der Waals surface area (Å²) in [5.41, 5.74) is 10.8. The summed E-state index contributed by atoms with van der Waals surface area (Å²) in [6.45, 7) is -0.297. The lowest BCUT2D eigenvalue weighted by molar-refractivity contribution is -0.142. The van der Waals surface area contributed by atoms with Gasteiger partial charge in [0.1, 0.15) is 24.2 Å². The van der Waals surface area contributed by atoms with E-state index in [2.05, 4.69) is 16.0 Å². The van der Waals surface area contributed by atoms with Gasteiger partial charge in [0.05, 0.1) is 6.61 Å². The molecule has 0 rings (SSSR count). The lowest BCUT2D eigenvalue weighted by Crippen LogP contribution is -2.57. The van der Waals surface area contributed by atoms with Crippen LogP contribution in [0.2, 0.25) is 0 Å². The predicted molar refractivity (Wildman–Crippen MR) is 121 cm³/mol. The number of amides is 3. The van der Waals surface area contributed by atoms with E-state index in [1.165, 1.54) is 11.8 Å². The summed E-state index contributed by atoms with van der Waals surface area (Å²) in [5.74, 6) is -4.37. The zero-order valence-electron chi connectivity index (χ0n) is 18.6. The van der Waals surface area contributed by atoms with Crippen molar-refractivity contribution in [1.82, 2.24) is 16.0 Å². The average Bonchev–Trinajstić information content (AvgIpc) is 2.77. The van der Waals surface area contributed by atoms with Gasteiger partial charge in [0.2, 0.25) is 17.7 Å². The molecule has 0 saturated heterocycles. The highest BCUT2D eigenvalue weighted by Gasteiger charge is 2.30. The summed E-state index contributed by atoms with van der Waals surface area (Å²) in [5, 5.41) is 34.4. The van der Waals surface area contributed by atoms with Gasteiger partial charge in [-0.05, 0) is 50.7 Å². The quantitative estimate of drug-likeness (QED) is 0.0936. The Kier molecular flexibility index (Phi) is 15.9. The number of carboxylic acids is 2. The fourth-order valence-corrected chi connectivity index (χ4v) is 3.17. The maximum Gasteiger partial charge on any atom is 0.326 e. The molecule has 0 aromatic heterocycles. The number of rotatable bonds is 18. The van der Waals surface area contributed by atoms with Gasteiger partial charge in [-0.25, -0.2) is 4.79 Å². The Morgan fingerprint density at radius 1 is 0.848 bits per heavy atom. The second kappa shape index (κ2) is 17.1. The van der Waals surface area contributed by atoms with Crippen LogP contribution in [0.3, 0.4) is 0 Å².